The number of rotatable bonds is 12. The minimum atomic E-state index is -4.57. The largest absolute Gasteiger partial charge is 0.462 e. The fourth-order valence-electron chi connectivity index (χ4n) is 4.03. The number of hydrogen-bond acceptors (Lipinski definition) is 4. The molecule has 1 unspecified atom stereocenters. The van der Waals surface area contributed by atoms with Crippen molar-refractivity contribution >= 4 is 28.7 Å². The van der Waals surface area contributed by atoms with Crippen molar-refractivity contribution in [3.05, 3.63) is 65.7 Å². The molecule has 0 aliphatic carbocycles. The van der Waals surface area contributed by atoms with Crippen molar-refractivity contribution < 1.29 is 40.3 Å². The van der Waals surface area contributed by atoms with Crippen LogP contribution in [0.4, 0.5) is 26.3 Å². The number of hydrogen-bond donors (Lipinski definition) is 0. The van der Waals surface area contributed by atoms with E-state index in [1.807, 2.05) is 6.92 Å². The average molecular weight is 573 g/mol. The molecule has 0 saturated heterocycles. The molecule has 0 aliphatic rings. The number of unbranched alkanes of at least 4 members (excludes halogenated alkanes) is 2. The Labute approximate surface area is 227 Å². The van der Waals surface area contributed by atoms with E-state index >= 15 is 0 Å². The van der Waals surface area contributed by atoms with Gasteiger partial charge in [-0.25, -0.2) is 4.79 Å². The van der Waals surface area contributed by atoms with Crippen molar-refractivity contribution in [2.45, 2.75) is 63.2 Å². The zero-order chi connectivity index (χ0) is 28.8. The number of benzene rings is 2. The van der Waals surface area contributed by atoms with Crippen molar-refractivity contribution in [2.75, 3.05) is 12.4 Å². The third kappa shape index (κ3) is 9.08. The van der Waals surface area contributed by atoms with Crippen LogP contribution in [-0.4, -0.2) is 24.5 Å². The number of carbonyl (C=O) groups excluding carboxylic acids is 1. The number of ether oxygens (including phenoxy) is 1. The van der Waals surface area contributed by atoms with Crippen LogP contribution >= 0.6 is 11.8 Å². The highest BCUT2D eigenvalue weighted by Crippen LogP contribution is 2.40. The Hall–Kier alpha value is -2.88. The Kier molecular flexibility index (Phi) is 10.2. The predicted octanol–water partition coefficient (Wildman–Crippen LogP) is 9.63. The van der Waals surface area contributed by atoms with E-state index in [1.165, 1.54) is 25.1 Å². The first kappa shape index (κ1) is 30.7. The number of thioether (sulfide) groups is 1. The summed E-state index contributed by atoms with van der Waals surface area (Å²) in [6.45, 7) is 6.43. The van der Waals surface area contributed by atoms with Gasteiger partial charge in [-0.15, -0.1) is 11.8 Å². The van der Waals surface area contributed by atoms with Crippen molar-refractivity contribution in [3.63, 3.8) is 0 Å². The van der Waals surface area contributed by atoms with Gasteiger partial charge in [-0.3, -0.25) is 0 Å². The summed E-state index contributed by atoms with van der Waals surface area (Å²) in [7, 11) is 0. The van der Waals surface area contributed by atoms with Gasteiger partial charge in [0, 0.05) is 33.1 Å². The van der Waals surface area contributed by atoms with Gasteiger partial charge in [0.25, 0.3) is 0 Å². The van der Waals surface area contributed by atoms with Gasteiger partial charge in [0.05, 0.1) is 18.6 Å². The molecule has 0 bridgehead atoms. The molecular formula is C29H30F6O3S. The van der Waals surface area contributed by atoms with Crippen LogP contribution in [0.1, 0.15) is 50.7 Å². The smallest absolute Gasteiger partial charge is 0.417 e. The molecule has 3 aromatic rings. The number of alkyl halides is 6. The van der Waals surface area contributed by atoms with Crippen LogP contribution < -0.4 is 0 Å². The van der Waals surface area contributed by atoms with Gasteiger partial charge >= 0.3 is 18.3 Å². The fraction of sp³-hybridized carbons (Fsp3) is 0.414. The molecule has 2 aromatic carbocycles. The maximum Gasteiger partial charge on any atom is 0.417 e. The first-order valence-corrected chi connectivity index (χ1v) is 13.5. The molecule has 1 heterocycles. The van der Waals surface area contributed by atoms with Crippen LogP contribution in [-0.2, 0) is 22.1 Å². The number of carbonyl (C=O) groups is 1. The predicted molar refractivity (Wildman–Crippen MR) is 141 cm³/mol. The fourth-order valence-corrected chi connectivity index (χ4v) is 5.03. The lowest BCUT2D eigenvalue weighted by atomic mass is 9.98. The summed E-state index contributed by atoms with van der Waals surface area (Å²) in [4.78, 5) is 12.2. The minimum absolute atomic E-state index is 0.000230. The van der Waals surface area contributed by atoms with E-state index in [1.54, 1.807) is 24.3 Å². The average Bonchev–Trinajstić information content (AvgIpc) is 3.27. The Morgan fingerprint density at radius 1 is 1.05 bits per heavy atom. The molecule has 1 atom stereocenters. The van der Waals surface area contributed by atoms with Crippen LogP contribution in [0.5, 0.6) is 0 Å². The normalized spacial score (nSPS) is 13.0. The van der Waals surface area contributed by atoms with E-state index < -0.39 is 42.8 Å². The second kappa shape index (κ2) is 13.0. The van der Waals surface area contributed by atoms with Gasteiger partial charge in [0.15, 0.2) is 0 Å². The van der Waals surface area contributed by atoms with Crippen LogP contribution in [0.15, 0.2) is 63.9 Å². The molecular weight excluding hydrogens is 542 g/mol. The molecule has 0 saturated carbocycles. The quantitative estimate of drug-likeness (QED) is 0.0712. The zero-order valence-electron chi connectivity index (χ0n) is 21.7. The van der Waals surface area contributed by atoms with Gasteiger partial charge in [-0.05, 0) is 55.7 Å². The molecule has 0 N–H and O–H groups in total. The number of esters is 1. The van der Waals surface area contributed by atoms with Gasteiger partial charge in [-0.2, -0.15) is 26.3 Å². The standard InChI is InChI=1S/C29H30F6O3S/c1-4-5-6-7-19-8-11-23(24(12-19)29(33,34)35)26-13-21-9-10-22(14-25(21)38-26)39-17-20(15-28(30,31)32)16-37-27(36)18(2)3/h8-14,20H,2,4-7,15-17H2,1,3H3. The highest BCUT2D eigenvalue weighted by Gasteiger charge is 2.35. The Morgan fingerprint density at radius 3 is 2.44 bits per heavy atom. The summed E-state index contributed by atoms with van der Waals surface area (Å²) in [5.74, 6) is -1.70. The summed E-state index contributed by atoms with van der Waals surface area (Å²) in [6, 6.07) is 10.7. The van der Waals surface area contributed by atoms with Crippen LogP contribution in [0.2, 0.25) is 0 Å². The summed E-state index contributed by atoms with van der Waals surface area (Å²) in [6.07, 6.45) is -6.89. The maximum absolute atomic E-state index is 13.9. The van der Waals surface area contributed by atoms with Crippen molar-refractivity contribution in [1.29, 1.82) is 0 Å². The maximum atomic E-state index is 13.9. The molecule has 3 nitrogen and oxygen atoms in total. The van der Waals surface area contributed by atoms with Crippen LogP contribution in [0, 0.1) is 5.92 Å². The summed E-state index contributed by atoms with van der Waals surface area (Å²) in [5, 5.41) is 0.566. The number of aryl methyl sites for hydroxylation is 1. The van der Waals surface area contributed by atoms with Gasteiger partial charge in [0.2, 0.25) is 0 Å². The topological polar surface area (TPSA) is 39.4 Å². The summed E-state index contributed by atoms with van der Waals surface area (Å²) >= 11 is 1.11. The monoisotopic (exact) mass is 572 g/mol. The molecule has 0 radical (unpaired) electrons. The molecule has 3 rings (SSSR count). The Morgan fingerprint density at radius 2 is 1.79 bits per heavy atom. The highest BCUT2D eigenvalue weighted by molar-refractivity contribution is 7.99. The molecule has 39 heavy (non-hydrogen) atoms. The Bertz CT molecular complexity index is 1290. The van der Waals surface area contributed by atoms with Crippen molar-refractivity contribution in [2.24, 2.45) is 5.92 Å². The van der Waals surface area contributed by atoms with Gasteiger partial charge < -0.3 is 9.15 Å². The molecule has 10 heteroatoms. The first-order valence-electron chi connectivity index (χ1n) is 12.5. The van der Waals surface area contributed by atoms with Crippen LogP contribution in [0.3, 0.4) is 0 Å². The number of fused-ring (bicyclic) bond motifs is 1. The number of furan rings is 1. The van der Waals surface area contributed by atoms with E-state index in [0.717, 1.165) is 31.0 Å². The second-order valence-corrected chi connectivity index (χ2v) is 10.6. The van der Waals surface area contributed by atoms with E-state index in [-0.39, 0.29) is 22.6 Å². The number of halogens is 6. The molecule has 0 amide bonds. The summed E-state index contributed by atoms with van der Waals surface area (Å²) < 4.78 is 91.6. The lowest BCUT2D eigenvalue weighted by Gasteiger charge is -2.18. The molecule has 0 spiro atoms. The van der Waals surface area contributed by atoms with Gasteiger partial charge in [0.1, 0.15) is 11.3 Å². The Balaban J connectivity index is 1.80. The molecule has 0 fully saturated rings. The first-order chi connectivity index (χ1) is 18.3. The van der Waals surface area contributed by atoms with Crippen molar-refractivity contribution in [1.82, 2.24) is 0 Å². The molecule has 212 valence electrons. The van der Waals surface area contributed by atoms with Crippen molar-refractivity contribution in [3.8, 4) is 11.3 Å². The minimum Gasteiger partial charge on any atom is -0.462 e. The lowest BCUT2D eigenvalue weighted by molar-refractivity contribution is -0.154. The third-order valence-electron chi connectivity index (χ3n) is 6.02. The van der Waals surface area contributed by atoms with E-state index in [2.05, 4.69) is 6.58 Å². The van der Waals surface area contributed by atoms with Crippen LogP contribution in [0.25, 0.3) is 22.3 Å². The molecule has 0 aliphatic heterocycles. The molecule has 1 aromatic heterocycles. The van der Waals surface area contributed by atoms with E-state index in [0.29, 0.717) is 27.8 Å². The lowest BCUT2D eigenvalue weighted by Crippen LogP contribution is -2.23. The second-order valence-electron chi connectivity index (χ2n) is 9.52. The zero-order valence-corrected chi connectivity index (χ0v) is 22.5. The highest BCUT2D eigenvalue weighted by atomic mass is 32.2. The van der Waals surface area contributed by atoms with Gasteiger partial charge in [-0.1, -0.05) is 38.5 Å². The summed E-state index contributed by atoms with van der Waals surface area (Å²) in [5.41, 5.74) is 0.168. The van der Waals surface area contributed by atoms with E-state index in [4.69, 9.17) is 9.15 Å². The third-order valence-corrected chi connectivity index (χ3v) is 7.25. The SMILES string of the molecule is C=C(C)C(=O)OCC(CSc1ccc2cc(-c3ccc(CCCCC)cc3C(F)(F)F)oc2c1)CC(F)(F)F. The van der Waals surface area contributed by atoms with E-state index in [9.17, 15) is 31.1 Å².